The number of halogens is 1. The first kappa shape index (κ1) is 13.4. The van der Waals surface area contributed by atoms with Crippen LogP contribution in [0.3, 0.4) is 0 Å². The standard InChI is InChI=1S/C13H17BrN2O2/c1-10(13(17)16-8-6-15-7-9-16)18-12-4-2-11(14)3-5-12/h2-5,10,15H,6-9H2,1H3. The minimum absolute atomic E-state index is 0.0550. The summed E-state index contributed by atoms with van der Waals surface area (Å²) in [4.78, 5) is 14.0. The monoisotopic (exact) mass is 312 g/mol. The number of carbonyl (C=O) groups excluding carboxylic acids is 1. The van der Waals surface area contributed by atoms with E-state index in [0.29, 0.717) is 5.75 Å². The zero-order chi connectivity index (χ0) is 13.0. The summed E-state index contributed by atoms with van der Waals surface area (Å²) in [5.41, 5.74) is 0. The Balaban J connectivity index is 1.92. The molecule has 1 heterocycles. The van der Waals surface area contributed by atoms with Crippen molar-refractivity contribution in [3.63, 3.8) is 0 Å². The van der Waals surface area contributed by atoms with Crippen molar-refractivity contribution in [1.82, 2.24) is 10.2 Å². The average Bonchev–Trinajstić information content (AvgIpc) is 2.41. The maximum Gasteiger partial charge on any atom is 0.263 e. The second-order valence-electron chi connectivity index (χ2n) is 4.29. The Labute approximate surface area is 115 Å². The van der Waals surface area contributed by atoms with Crippen molar-refractivity contribution < 1.29 is 9.53 Å². The number of benzene rings is 1. The van der Waals surface area contributed by atoms with Gasteiger partial charge in [-0.3, -0.25) is 4.79 Å². The summed E-state index contributed by atoms with van der Waals surface area (Å²) >= 11 is 3.37. The molecule has 1 aromatic carbocycles. The molecule has 2 rings (SSSR count). The Morgan fingerprint density at radius 2 is 1.94 bits per heavy atom. The molecule has 1 amide bonds. The molecule has 1 aromatic rings. The molecule has 18 heavy (non-hydrogen) atoms. The highest BCUT2D eigenvalue weighted by atomic mass is 79.9. The summed E-state index contributed by atoms with van der Waals surface area (Å²) in [6, 6.07) is 7.51. The number of piperazine rings is 1. The number of hydrogen-bond donors (Lipinski definition) is 1. The van der Waals surface area contributed by atoms with E-state index in [9.17, 15) is 4.79 Å². The van der Waals surface area contributed by atoms with Gasteiger partial charge < -0.3 is 15.0 Å². The summed E-state index contributed by atoms with van der Waals surface area (Å²) in [5.74, 6) is 0.772. The quantitative estimate of drug-likeness (QED) is 0.922. The highest BCUT2D eigenvalue weighted by molar-refractivity contribution is 9.10. The SMILES string of the molecule is CC(Oc1ccc(Br)cc1)C(=O)N1CCNCC1. The molecule has 0 aromatic heterocycles. The fourth-order valence-corrected chi connectivity index (χ4v) is 2.17. The maximum atomic E-state index is 12.1. The average molecular weight is 313 g/mol. The van der Waals surface area contributed by atoms with Crippen LogP contribution in [0, 0.1) is 0 Å². The lowest BCUT2D eigenvalue weighted by molar-refractivity contribution is -0.138. The Hall–Kier alpha value is -1.07. The van der Waals surface area contributed by atoms with Gasteiger partial charge in [0.2, 0.25) is 0 Å². The van der Waals surface area contributed by atoms with Crippen LogP contribution in [0.15, 0.2) is 28.7 Å². The first-order chi connectivity index (χ1) is 8.66. The second-order valence-corrected chi connectivity index (χ2v) is 5.20. The zero-order valence-corrected chi connectivity index (χ0v) is 11.9. The number of rotatable bonds is 3. The van der Waals surface area contributed by atoms with E-state index in [2.05, 4.69) is 21.2 Å². The first-order valence-electron chi connectivity index (χ1n) is 6.08. The topological polar surface area (TPSA) is 41.6 Å². The number of amides is 1. The van der Waals surface area contributed by atoms with Crippen molar-refractivity contribution in [2.75, 3.05) is 26.2 Å². The van der Waals surface area contributed by atoms with E-state index in [-0.39, 0.29) is 5.91 Å². The fourth-order valence-electron chi connectivity index (χ4n) is 1.91. The number of carbonyl (C=O) groups is 1. The van der Waals surface area contributed by atoms with Gasteiger partial charge in [-0.2, -0.15) is 0 Å². The lowest BCUT2D eigenvalue weighted by atomic mass is 10.3. The highest BCUT2D eigenvalue weighted by Crippen LogP contribution is 2.17. The van der Waals surface area contributed by atoms with Crippen molar-refractivity contribution in [3.05, 3.63) is 28.7 Å². The van der Waals surface area contributed by atoms with E-state index in [0.717, 1.165) is 30.7 Å². The minimum Gasteiger partial charge on any atom is -0.481 e. The van der Waals surface area contributed by atoms with Crippen molar-refractivity contribution in [1.29, 1.82) is 0 Å². The third-order valence-electron chi connectivity index (χ3n) is 2.90. The normalized spacial score (nSPS) is 17.3. The molecule has 0 bridgehead atoms. The van der Waals surface area contributed by atoms with Gasteiger partial charge in [0.25, 0.3) is 5.91 Å². The third-order valence-corrected chi connectivity index (χ3v) is 3.43. The van der Waals surface area contributed by atoms with Crippen molar-refractivity contribution in [2.24, 2.45) is 0 Å². The highest BCUT2D eigenvalue weighted by Gasteiger charge is 2.23. The lowest BCUT2D eigenvalue weighted by Gasteiger charge is -2.29. The van der Waals surface area contributed by atoms with Crippen LogP contribution in [0.5, 0.6) is 5.75 Å². The number of ether oxygens (including phenoxy) is 1. The minimum atomic E-state index is -0.440. The molecule has 98 valence electrons. The van der Waals surface area contributed by atoms with Crippen LogP contribution in [0.4, 0.5) is 0 Å². The molecule has 0 saturated carbocycles. The summed E-state index contributed by atoms with van der Waals surface area (Å²) < 4.78 is 6.65. The number of nitrogens with one attached hydrogen (secondary N) is 1. The molecule has 0 spiro atoms. The van der Waals surface area contributed by atoms with Gasteiger partial charge in [-0.25, -0.2) is 0 Å². The van der Waals surface area contributed by atoms with Gasteiger partial charge in [0.05, 0.1) is 0 Å². The van der Waals surface area contributed by atoms with E-state index >= 15 is 0 Å². The maximum absolute atomic E-state index is 12.1. The zero-order valence-electron chi connectivity index (χ0n) is 10.4. The summed E-state index contributed by atoms with van der Waals surface area (Å²) in [6.07, 6.45) is -0.440. The molecule has 1 saturated heterocycles. The van der Waals surface area contributed by atoms with Gasteiger partial charge in [0.1, 0.15) is 5.75 Å². The van der Waals surface area contributed by atoms with E-state index in [1.807, 2.05) is 29.2 Å². The molecule has 1 aliphatic rings. The van der Waals surface area contributed by atoms with Crippen LogP contribution in [-0.4, -0.2) is 43.1 Å². The first-order valence-corrected chi connectivity index (χ1v) is 6.88. The molecule has 1 fully saturated rings. The van der Waals surface area contributed by atoms with Crippen LogP contribution >= 0.6 is 15.9 Å². The van der Waals surface area contributed by atoms with Gasteiger partial charge in [0.15, 0.2) is 6.10 Å². The Morgan fingerprint density at radius 3 is 2.56 bits per heavy atom. The van der Waals surface area contributed by atoms with Gasteiger partial charge in [0, 0.05) is 30.7 Å². The Bertz CT molecular complexity index is 402. The largest absolute Gasteiger partial charge is 0.481 e. The van der Waals surface area contributed by atoms with Crippen molar-refractivity contribution in [2.45, 2.75) is 13.0 Å². The van der Waals surface area contributed by atoms with Crippen LogP contribution in [0.1, 0.15) is 6.92 Å². The van der Waals surface area contributed by atoms with E-state index in [4.69, 9.17) is 4.74 Å². The van der Waals surface area contributed by atoms with Gasteiger partial charge in [-0.15, -0.1) is 0 Å². The third kappa shape index (κ3) is 3.46. The summed E-state index contributed by atoms with van der Waals surface area (Å²) in [7, 11) is 0. The predicted octanol–water partition coefficient (Wildman–Crippen LogP) is 1.65. The molecular weight excluding hydrogens is 296 g/mol. The van der Waals surface area contributed by atoms with Crippen LogP contribution in [-0.2, 0) is 4.79 Å². The summed E-state index contributed by atoms with van der Waals surface area (Å²) in [6.45, 7) is 5.03. The lowest BCUT2D eigenvalue weighted by Crippen LogP contribution is -2.50. The molecular formula is C13H17BrN2O2. The van der Waals surface area contributed by atoms with E-state index in [1.54, 1.807) is 6.92 Å². The molecule has 1 atom stereocenters. The molecule has 5 heteroatoms. The van der Waals surface area contributed by atoms with Gasteiger partial charge >= 0.3 is 0 Å². The molecule has 4 nitrogen and oxygen atoms in total. The van der Waals surface area contributed by atoms with Gasteiger partial charge in [-0.05, 0) is 31.2 Å². The van der Waals surface area contributed by atoms with Crippen LogP contribution < -0.4 is 10.1 Å². The van der Waals surface area contributed by atoms with Gasteiger partial charge in [-0.1, -0.05) is 15.9 Å². The molecule has 1 N–H and O–H groups in total. The Kier molecular flexibility index (Phi) is 4.60. The smallest absolute Gasteiger partial charge is 0.263 e. The molecule has 1 aliphatic heterocycles. The van der Waals surface area contributed by atoms with E-state index in [1.165, 1.54) is 0 Å². The summed E-state index contributed by atoms with van der Waals surface area (Å²) in [5, 5.41) is 3.22. The van der Waals surface area contributed by atoms with Crippen LogP contribution in [0.25, 0.3) is 0 Å². The molecule has 1 unspecified atom stereocenters. The van der Waals surface area contributed by atoms with Crippen molar-refractivity contribution in [3.8, 4) is 5.75 Å². The van der Waals surface area contributed by atoms with Crippen molar-refractivity contribution >= 4 is 21.8 Å². The second kappa shape index (κ2) is 6.20. The number of nitrogens with zero attached hydrogens (tertiary/aromatic N) is 1. The molecule has 0 aliphatic carbocycles. The van der Waals surface area contributed by atoms with E-state index < -0.39 is 6.10 Å². The molecule has 0 radical (unpaired) electrons. The van der Waals surface area contributed by atoms with Crippen LogP contribution in [0.2, 0.25) is 0 Å². The predicted molar refractivity (Wildman–Crippen MR) is 73.7 cm³/mol. The number of hydrogen-bond acceptors (Lipinski definition) is 3. The fraction of sp³-hybridized carbons (Fsp3) is 0.462. The Morgan fingerprint density at radius 1 is 1.33 bits per heavy atom.